The van der Waals surface area contributed by atoms with Crippen molar-refractivity contribution >= 4 is 17.6 Å². The highest BCUT2D eigenvalue weighted by molar-refractivity contribution is 6.17. The molecule has 6 heteroatoms. The van der Waals surface area contributed by atoms with Crippen molar-refractivity contribution in [3.05, 3.63) is 29.1 Å². The van der Waals surface area contributed by atoms with E-state index >= 15 is 0 Å². The van der Waals surface area contributed by atoms with E-state index in [1.165, 1.54) is 0 Å². The summed E-state index contributed by atoms with van der Waals surface area (Å²) in [7, 11) is 0. The Morgan fingerprint density at radius 3 is 2.71 bits per heavy atom. The predicted molar refractivity (Wildman–Crippen MR) is 45.7 cm³/mol. The monoisotopic (exact) mass is 221 g/mol. The number of nitrogens with zero attached hydrogens (tertiary/aromatic N) is 1. The van der Waals surface area contributed by atoms with Crippen LogP contribution >= 0.6 is 11.6 Å². The number of hydrogen-bond acceptors (Lipinski definition) is 2. The van der Waals surface area contributed by atoms with Crippen molar-refractivity contribution in [1.82, 2.24) is 4.98 Å². The molecule has 0 aromatic carbocycles. The summed E-state index contributed by atoms with van der Waals surface area (Å²) >= 11 is 5.38. The van der Waals surface area contributed by atoms with E-state index < -0.39 is 23.5 Å². The Bertz CT molecular complexity index is 357. The van der Waals surface area contributed by atoms with Crippen molar-refractivity contribution in [3.8, 4) is 0 Å². The smallest absolute Gasteiger partial charge is 0.338 e. The molecule has 3 nitrogen and oxygen atoms in total. The van der Waals surface area contributed by atoms with Crippen molar-refractivity contribution in [3.63, 3.8) is 0 Å². The second-order valence-corrected chi connectivity index (χ2v) is 2.73. The van der Waals surface area contributed by atoms with Crippen LogP contribution in [-0.4, -0.2) is 16.1 Å². The molecule has 1 N–H and O–H groups in total. The zero-order valence-corrected chi connectivity index (χ0v) is 7.63. The van der Waals surface area contributed by atoms with Gasteiger partial charge in [-0.2, -0.15) is 0 Å². The van der Waals surface area contributed by atoms with Gasteiger partial charge in [-0.3, -0.25) is 4.98 Å². The largest absolute Gasteiger partial charge is 0.478 e. The van der Waals surface area contributed by atoms with Crippen LogP contribution in [0.15, 0.2) is 12.3 Å². The lowest BCUT2D eigenvalue weighted by atomic mass is 10.1. The fourth-order valence-electron chi connectivity index (χ4n) is 1.05. The lowest BCUT2D eigenvalue weighted by Crippen LogP contribution is -2.08. The van der Waals surface area contributed by atoms with Gasteiger partial charge in [0.25, 0.3) is 6.43 Å². The van der Waals surface area contributed by atoms with E-state index in [0.717, 1.165) is 12.3 Å². The minimum absolute atomic E-state index is 0.0445. The number of aromatic carboxylic acids is 1. The molecule has 1 heterocycles. The summed E-state index contributed by atoms with van der Waals surface area (Å²) in [5.74, 6) is -1.65. The molecule has 0 saturated carbocycles. The zero-order valence-electron chi connectivity index (χ0n) is 6.88. The molecular weight excluding hydrogens is 216 g/mol. The molecular formula is C8H6ClF2NO2. The molecule has 0 aliphatic carbocycles. The number of rotatable bonds is 3. The van der Waals surface area contributed by atoms with Crippen LogP contribution in [-0.2, 0) is 5.88 Å². The number of carboxylic acids is 1. The molecule has 1 aromatic rings. The highest BCUT2D eigenvalue weighted by Gasteiger charge is 2.21. The molecule has 0 bridgehead atoms. The first kappa shape index (κ1) is 10.8. The molecule has 0 fully saturated rings. The molecule has 0 aliphatic heterocycles. The van der Waals surface area contributed by atoms with Crippen LogP contribution in [0.3, 0.4) is 0 Å². The number of carboxylic acid groups (broad SMARTS) is 1. The molecule has 0 aliphatic rings. The summed E-state index contributed by atoms with van der Waals surface area (Å²) in [4.78, 5) is 14.3. The summed E-state index contributed by atoms with van der Waals surface area (Å²) in [5.41, 5.74) is -1.10. The van der Waals surface area contributed by atoms with Crippen molar-refractivity contribution in [2.75, 3.05) is 0 Å². The van der Waals surface area contributed by atoms with Gasteiger partial charge >= 0.3 is 5.97 Å². The topological polar surface area (TPSA) is 50.2 Å². The zero-order chi connectivity index (χ0) is 10.7. The van der Waals surface area contributed by atoms with Crippen LogP contribution in [0, 0.1) is 0 Å². The lowest BCUT2D eigenvalue weighted by molar-refractivity contribution is 0.0683. The fourth-order valence-corrected chi connectivity index (χ4v) is 1.25. The molecule has 76 valence electrons. The van der Waals surface area contributed by atoms with Gasteiger partial charge in [0.15, 0.2) is 0 Å². The Labute approximate surface area is 83.3 Å². The van der Waals surface area contributed by atoms with Crippen molar-refractivity contribution < 1.29 is 18.7 Å². The molecule has 0 saturated heterocycles. The van der Waals surface area contributed by atoms with E-state index in [-0.39, 0.29) is 11.6 Å². The quantitative estimate of drug-likeness (QED) is 0.798. The van der Waals surface area contributed by atoms with Crippen molar-refractivity contribution in [2.24, 2.45) is 0 Å². The average molecular weight is 222 g/mol. The van der Waals surface area contributed by atoms with Crippen LogP contribution in [0.1, 0.15) is 28.0 Å². The summed E-state index contributed by atoms with van der Waals surface area (Å²) in [6, 6.07) is 0.976. The normalized spacial score (nSPS) is 10.6. The Morgan fingerprint density at radius 2 is 2.29 bits per heavy atom. The van der Waals surface area contributed by atoms with Gasteiger partial charge in [0.2, 0.25) is 0 Å². The van der Waals surface area contributed by atoms with Gasteiger partial charge in [0.05, 0.1) is 17.1 Å². The van der Waals surface area contributed by atoms with E-state index in [9.17, 15) is 13.6 Å². The first-order valence-corrected chi connectivity index (χ1v) is 4.16. The highest BCUT2D eigenvalue weighted by Crippen LogP contribution is 2.24. The third-order valence-electron chi connectivity index (χ3n) is 1.64. The Morgan fingerprint density at radius 1 is 1.64 bits per heavy atom. The lowest BCUT2D eigenvalue weighted by Gasteiger charge is -2.07. The molecule has 0 atom stereocenters. The summed E-state index contributed by atoms with van der Waals surface area (Å²) in [6.45, 7) is 0. The number of halogens is 3. The maximum absolute atomic E-state index is 12.4. The maximum Gasteiger partial charge on any atom is 0.338 e. The Hall–Kier alpha value is -1.23. The molecule has 0 amide bonds. The first-order valence-electron chi connectivity index (χ1n) is 3.63. The molecule has 0 unspecified atom stereocenters. The Kier molecular flexibility index (Phi) is 3.35. The minimum atomic E-state index is -2.84. The highest BCUT2D eigenvalue weighted by atomic mass is 35.5. The standard InChI is InChI=1S/C8H6ClF2NO2/c9-3-5-6(8(13)14)4(7(10)11)1-2-12-5/h1-2,7H,3H2,(H,13,14). The van der Waals surface area contributed by atoms with E-state index in [1.54, 1.807) is 0 Å². The molecule has 1 rings (SSSR count). The van der Waals surface area contributed by atoms with Crippen LogP contribution in [0.4, 0.5) is 8.78 Å². The molecule has 0 spiro atoms. The second-order valence-electron chi connectivity index (χ2n) is 2.46. The van der Waals surface area contributed by atoms with Gasteiger partial charge in [-0.15, -0.1) is 11.6 Å². The maximum atomic E-state index is 12.4. The van der Waals surface area contributed by atoms with Gasteiger partial charge in [-0.1, -0.05) is 0 Å². The van der Waals surface area contributed by atoms with E-state index in [2.05, 4.69) is 4.98 Å². The molecule has 1 aromatic heterocycles. The predicted octanol–water partition coefficient (Wildman–Crippen LogP) is 2.46. The molecule has 0 radical (unpaired) electrons. The van der Waals surface area contributed by atoms with Gasteiger partial charge in [0, 0.05) is 11.8 Å². The van der Waals surface area contributed by atoms with Gasteiger partial charge in [-0.25, -0.2) is 13.6 Å². The van der Waals surface area contributed by atoms with Crippen LogP contribution in [0.25, 0.3) is 0 Å². The summed E-state index contributed by atoms with van der Waals surface area (Å²) in [5, 5.41) is 8.69. The van der Waals surface area contributed by atoms with Crippen LogP contribution in [0.2, 0.25) is 0 Å². The summed E-state index contributed by atoms with van der Waals surface area (Å²) in [6.07, 6.45) is -1.72. The molecule has 14 heavy (non-hydrogen) atoms. The van der Waals surface area contributed by atoms with Crippen molar-refractivity contribution in [1.29, 1.82) is 0 Å². The minimum Gasteiger partial charge on any atom is -0.478 e. The third-order valence-corrected chi connectivity index (χ3v) is 1.89. The van der Waals surface area contributed by atoms with E-state index in [4.69, 9.17) is 16.7 Å². The van der Waals surface area contributed by atoms with Gasteiger partial charge in [-0.05, 0) is 6.07 Å². The van der Waals surface area contributed by atoms with Crippen molar-refractivity contribution in [2.45, 2.75) is 12.3 Å². The number of pyridine rings is 1. The average Bonchev–Trinajstić information content (AvgIpc) is 2.16. The second kappa shape index (κ2) is 4.32. The number of hydrogen-bond donors (Lipinski definition) is 1. The fraction of sp³-hybridized carbons (Fsp3) is 0.250. The number of carbonyl (C=O) groups is 1. The first-order chi connectivity index (χ1) is 6.57. The number of alkyl halides is 3. The Balaban J connectivity index is 3.35. The van der Waals surface area contributed by atoms with Gasteiger partial charge in [0.1, 0.15) is 0 Å². The van der Waals surface area contributed by atoms with Crippen LogP contribution < -0.4 is 0 Å². The number of aromatic nitrogens is 1. The van der Waals surface area contributed by atoms with Gasteiger partial charge < -0.3 is 5.11 Å². The third kappa shape index (κ3) is 1.98. The van der Waals surface area contributed by atoms with E-state index in [1.807, 2.05) is 0 Å². The summed E-state index contributed by atoms with van der Waals surface area (Å²) < 4.78 is 24.7. The van der Waals surface area contributed by atoms with E-state index in [0.29, 0.717) is 0 Å². The van der Waals surface area contributed by atoms with Crippen LogP contribution in [0.5, 0.6) is 0 Å². The SMILES string of the molecule is O=C(O)c1c(C(F)F)ccnc1CCl.